The largest absolute Gasteiger partial charge is 0.295 e. The summed E-state index contributed by atoms with van der Waals surface area (Å²) in [7, 11) is 0. The number of rotatable bonds is 3. The Morgan fingerprint density at radius 1 is 0.731 bits per heavy atom. The molecule has 0 aliphatic carbocycles. The number of hydrogen-bond acceptors (Lipinski definition) is 3. The fourth-order valence-electron chi connectivity index (χ4n) is 3.13. The van der Waals surface area contributed by atoms with Crippen molar-refractivity contribution in [3.05, 3.63) is 89.5 Å². The normalized spacial score (nSPS) is 13.0. The summed E-state index contributed by atoms with van der Waals surface area (Å²) in [6.07, 6.45) is 0. The van der Waals surface area contributed by atoms with E-state index in [4.69, 9.17) is 0 Å². The van der Waals surface area contributed by atoms with Crippen LogP contribution in [0.5, 0.6) is 0 Å². The van der Waals surface area contributed by atoms with Gasteiger partial charge in [-0.25, -0.2) is 4.90 Å². The van der Waals surface area contributed by atoms with Crippen molar-refractivity contribution in [1.29, 1.82) is 0 Å². The van der Waals surface area contributed by atoms with Crippen LogP contribution in [0, 0.1) is 0 Å². The molecule has 0 saturated carbocycles. The molecule has 3 aromatic carbocycles. The molecule has 1 heterocycles. The maximum Gasteiger partial charge on any atom is 0.266 e. The molecule has 4 heteroatoms. The number of benzene rings is 3. The molecule has 3 aromatic rings. The Hall–Kier alpha value is -3.53. The molecule has 126 valence electrons. The maximum atomic E-state index is 12.8. The van der Waals surface area contributed by atoms with E-state index in [1.165, 1.54) is 6.92 Å². The Bertz CT molecular complexity index is 1040. The first-order valence-corrected chi connectivity index (χ1v) is 8.25. The molecular formula is C22H15NO3. The number of Topliss-reactive ketones (excluding diaryl/α,β-unsaturated/α-hetero) is 1. The van der Waals surface area contributed by atoms with Gasteiger partial charge in [0.15, 0.2) is 5.78 Å². The first-order valence-electron chi connectivity index (χ1n) is 8.25. The van der Waals surface area contributed by atoms with Gasteiger partial charge in [-0.05, 0) is 54.4 Å². The summed E-state index contributed by atoms with van der Waals surface area (Å²) in [6, 6.07) is 21.5. The molecule has 1 aliphatic rings. The number of carbonyl (C=O) groups is 3. The summed E-state index contributed by atoms with van der Waals surface area (Å²) >= 11 is 0. The molecular weight excluding hydrogens is 326 g/mol. The highest BCUT2D eigenvalue weighted by atomic mass is 16.2. The number of carbonyl (C=O) groups excluding carboxylic acids is 3. The average molecular weight is 341 g/mol. The first-order chi connectivity index (χ1) is 12.6. The van der Waals surface area contributed by atoms with Gasteiger partial charge in [0, 0.05) is 5.56 Å². The van der Waals surface area contributed by atoms with Crippen molar-refractivity contribution in [2.75, 3.05) is 4.90 Å². The van der Waals surface area contributed by atoms with E-state index in [1.807, 2.05) is 36.4 Å². The molecule has 0 spiro atoms. The first kappa shape index (κ1) is 16.0. The van der Waals surface area contributed by atoms with Crippen molar-refractivity contribution in [3.63, 3.8) is 0 Å². The third kappa shape index (κ3) is 2.52. The van der Waals surface area contributed by atoms with Gasteiger partial charge in [0.1, 0.15) is 0 Å². The third-order valence-corrected chi connectivity index (χ3v) is 4.53. The highest BCUT2D eigenvalue weighted by Crippen LogP contribution is 2.31. The molecule has 0 saturated heterocycles. The summed E-state index contributed by atoms with van der Waals surface area (Å²) in [5, 5.41) is 0. The SMILES string of the molecule is CC(=O)c1ccc(N2C(=O)c3ccc(-c4ccccc4)cc3C2=O)cc1. The topological polar surface area (TPSA) is 54.5 Å². The second-order valence-corrected chi connectivity index (χ2v) is 6.18. The molecule has 0 radical (unpaired) electrons. The summed E-state index contributed by atoms with van der Waals surface area (Å²) in [6.45, 7) is 1.47. The molecule has 0 bridgehead atoms. The van der Waals surface area contributed by atoms with Crippen LogP contribution >= 0.6 is 0 Å². The Morgan fingerprint density at radius 3 is 2.04 bits per heavy atom. The van der Waals surface area contributed by atoms with E-state index in [-0.39, 0.29) is 17.6 Å². The molecule has 26 heavy (non-hydrogen) atoms. The average Bonchev–Trinajstić information content (AvgIpc) is 2.93. The highest BCUT2D eigenvalue weighted by molar-refractivity contribution is 6.34. The molecule has 0 unspecified atom stereocenters. The predicted molar refractivity (Wildman–Crippen MR) is 99.5 cm³/mol. The van der Waals surface area contributed by atoms with Crippen molar-refractivity contribution in [1.82, 2.24) is 0 Å². The van der Waals surface area contributed by atoms with E-state index in [0.29, 0.717) is 22.4 Å². The van der Waals surface area contributed by atoms with Gasteiger partial charge in [-0.3, -0.25) is 14.4 Å². The van der Waals surface area contributed by atoms with Gasteiger partial charge < -0.3 is 0 Å². The molecule has 0 N–H and O–H groups in total. The minimum atomic E-state index is -0.349. The Morgan fingerprint density at radius 2 is 1.38 bits per heavy atom. The molecule has 2 amide bonds. The summed E-state index contributed by atoms with van der Waals surface area (Å²) < 4.78 is 0. The van der Waals surface area contributed by atoms with Crippen LogP contribution < -0.4 is 4.90 Å². The molecule has 1 aliphatic heterocycles. The van der Waals surface area contributed by atoms with Gasteiger partial charge in [0.2, 0.25) is 0 Å². The van der Waals surface area contributed by atoms with Crippen LogP contribution in [0.3, 0.4) is 0 Å². The van der Waals surface area contributed by atoms with Gasteiger partial charge in [0.25, 0.3) is 11.8 Å². The van der Waals surface area contributed by atoms with Gasteiger partial charge in [-0.1, -0.05) is 36.4 Å². The van der Waals surface area contributed by atoms with Gasteiger partial charge in [-0.2, -0.15) is 0 Å². The third-order valence-electron chi connectivity index (χ3n) is 4.53. The zero-order valence-corrected chi connectivity index (χ0v) is 14.1. The molecule has 0 fully saturated rings. The number of ketones is 1. The lowest BCUT2D eigenvalue weighted by Gasteiger charge is -2.13. The van der Waals surface area contributed by atoms with E-state index in [2.05, 4.69) is 0 Å². The van der Waals surface area contributed by atoms with Gasteiger partial charge in [-0.15, -0.1) is 0 Å². The zero-order chi connectivity index (χ0) is 18.3. The predicted octanol–water partition coefficient (Wildman–Crippen LogP) is 4.36. The Labute approximate surface area is 150 Å². The summed E-state index contributed by atoms with van der Waals surface area (Å²) in [5.74, 6) is -0.759. The van der Waals surface area contributed by atoms with Crippen LogP contribution in [0.25, 0.3) is 11.1 Å². The fraction of sp³-hybridized carbons (Fsp3) is 0.0455. The lowest BCUT2D eigenvalue weighted by atomic mass is 10.0. The van der Waals surface area contributed by atoms with Gasteiger partial charge >= 0.3 is 0 Å². The highest BCUT2D eigenvalue weighted by Gasteiger charge is 2.36. The van der Waals surface area contributed by atoms with E-state index >= 15 is 0 Å². The number of imide groups is 1. The van der Waals surface area contributed by atoms with Gasteiger partial charge in [0.05, 0.1) is 16.8 Å². The fourth-order valence-corrected chi connectivity index (χ4v) is 3.13. The number of amides is 2. The number of nitrogens with zero attached hydrogens (tertiary/aromatic N) is 1. The van der Waals surface area contributed by atoms with Crippen LogP contribution in [0.15, 0.2) is 72.8 Å². The standard InChI is InChI=1S/C22H15NO3/c1-14(24)15-7-10-18(11-8-15)23-21(25)19-12-9-17(13-20(19)22(23)26)16-5-3-2-4-6-16/h2-13H,1H3. The molecule has 4 rings (SSSR count). The van der Waals surface area contributed by atoms with Crippen LogP contribution in [0.4, 0.5) is 5.69 Å². The second kappa shape index (κ2) is 6.08. The van der Waals surface area contributed by atoms with Crippen molar-refractivity contribution in [2.45, 2.75) is 6.92 Å². The summed E-state index contributed by atoms with van der Waals surface area (Å²) in [4.78, 5) is 38.1. The van der Waals surface area contributed by atoms with Crippen LogP contribution in [0.1, 0.15) is 38.0 Å². The van der Waals surface area contributed by atoms with Crippen molar-refractivity contribution in [3.8, 4) is 11.1 Å². The number of fused-ring (bicyclic) bond motifs is 1. The lowest BCUT2D eigenvalue weighted by Crippen LogP contribution is -2.29. The molecule has 0 aromatic heterocycles. The monoisotopic (exact) mass is 341 g/mol. The molecule has 0 atom stereocenters. The minimum Gasteiger partial charge on any atom is -0.295 e. The van der Waals surface area contributed by atoms with Crippen LogP contribution in [0.2, 0.25) is 0 Å². The van der Waals surface area contributed by atoms with E-state index in [1.54, 1.807) is 36.4 Å². The van der Waals surface area contributed by atoms with Crippen molar-refractivity contribution >= 4 is 23.3 Å². The van der Waals surface area contributed by atoms with E-state index in [9.17, 15) is 14.4 Å². The number of hydrogen-bond donors (Lipinski definition) is 0. The Balaban J connectivity index is 1.73. The molecule has 4 nitrogen and oxygen atoms in total. The minimum absolute atomic E-state index is 0.0635. The maximum absolute atomic E-state index is 12.8. The lowest BCUT2D eigenvalue weighted by molar-refractivity contribution is 0.0925. The van der Waals surface area contributed by atoms with Crippen LogP contribution in [-0.4, -0.2) is 17.6 Å². The zero-order valence-electron chi connectivity index (χ0n) is 14.1. The second-order valence-electron chi connectivity index (χ2n) is 6.18. The number of anilines is 1. The smallest absolute Gasteiger partial charge is 0.266 e. The van der Waals surface area contributed by atoms with E-state index < -0.39 is 0 Å². The quantitative estimate of drug-likeness (QED) is 0.525. The summed E-state index contributed by atoms with van der Waals surface area (Å²) in [5.41, 5.74) is 3.66. The van der Waals surface area contributed by atoms with Crippen molar-refractivity contribution < 1.29 is 14.4 Å². The van der Waals surface area contributed by atoms with Crippen molar-refractivity contribution in [2.24, 2.45) is 0 Å². The van der Waals surface area contributed by atoms with E-state index in [0.717, 1.165) is 16.0 Å². The Kier molecular flexibility index (Phi) is 3.73. The van der Waals surface area contributed by atoms with Crippen LogP contribution in [-0.2, 0) is 0 Å².